The van der Waals surface area contributed by atoms with Crippen LogP contribution in [0.3, 0.4) is 0 Å². The van der Waals surface area contributed by atoms with E-state index in [1.807, 2.05) is 23.1 Å². The molecule has 2 atom stereocenters. The van der Waals surface area contributed by atoms with Crippen LogP contribution in [0, 0.1) is 5.92 Å². The molecule has 0 spiro atoms. The Balaban J connectivity index is 1.28. The molecule has 2 aliphatic rings. The number of ether oxygens (including phenoxy) is 2. The molecular weight excluding hydrogens is 344 g/mol. The fourth-order valence-electron chi connectivity index (χ4n) is 3.59. The summed E-state index contributed by atoms with van der Waals surface area (Å²) in [6.45, 7) is 3.87. The number of amides is 2. The Kier molecular flexibility index (Phi) is 7.66. The van der Waals surface area contributed by atoms with Crippen LogP contribution in [-0.2, 0) is 25.5 Å². The van der Waals surface area contributed by atoms with Gasteiger partial charge in [0, 0.05) is 39.3 Å². The van der Waals surface area contributed by atoms with E-state index in [4.69, 9.17) is 9.47 Å². The van der Waals surface area contributed by atoms with Crippen molar-refractivity contribution < 1.29 is 19.1 Å². The third-order valence-corrected chi connectivity index (χ3v) is 5.19. The van der Waals surface area contributed by atoms with Crippen molar-refractivity contribution in [3.63, 3.8) is 0 Å². The monoisotopic (exact) mass is 374 g/mol. The Hall–Kier alpha value is -1.92. The summed E-state index contributed by atoms with van der Waals surface area (Å²) in [4.78, 5) is 26.3. The number of carbonyl (C=O) groups is 2. The average Bonchev–Trinajstić information content (AvgIpc) is 3.33. The summed E-state index contributed by atoms with van der Waals surface area (Å²) in [5.74, 6) is -0.184. The van der Waals surface area contributed by atoms with E-state index >= 15 is 0 Å². The van der Waals surface area contributed by atoms with Gasteiger partial charge in [0.2, 0.25) is 11.8 Å². The van der Waals surface area contributed by atoms with Gasteiger partial charge in [-0.05, 0) is 31.2 Å². The van der Waals surface area contributed by atoms with Gasteiger partial charge in [0.15, 0.2) is 0 Å². The molecule has 0 radical (unpaired) electrons. The highest BCUT2D eigenvalue weighted by Crippen LogP contribution is 2.18. The van der Waals surface area contributed by atoms with E-state index in [2.05, 4.69) is 17.4 Å². The highest BCUT2D eigenvalue weighted by molar-refractivity contribution is 5.89. The molecule has 3 rings (SSSR count). The molecule has 2 unspecified atom stereocenters. The fraction of sp³-hybridized carbons (Fsp3) is 0.619. The predicted molar refractivity (Wildman–Crippen MR) is 102 cm³/mol. The maximum Gasteiger partial charge on any atom is 0.225 e. The van der Waals surface area contributed by atoms with Gasteiger partial charge in [0.25, 0.3) is 0 Å². The van der Waals surface area contributed by atoms with E-state index in [1.54, 1.807) is 0 Å². The van der Waals surface area contributed by atoms with Gasteiger partial charge >= 0.3 is 0 Å². The second-order valence-electron chi connectivity index (χ2n) is 7.33. The molecule has 6 nitrogen and oxygen atoms in total. The first kappa shape index (κ1) is 19.8. The fourth-order valence-corrected chi connectivity index (χ4v) is 3.59. The van der Waals surface area contributed by atoms with Gasteiger partial charge in [-0.3, -0.25) is 9.59 Å². The lowest BCUT2D eigenvalue weighted by Gasteiger charge is -2.16. The lowest BCUT2D eigenvalue weighted by molar-refractivity contribution is -0.129. The van der Waals surface area contributed by atoms with E-state index in [0.717, 1.165) is 32.3 Å². The maximum atomic E-state index is 12.3. The molecule has 148 valence electrons. The second-order valence-corrected chi connectivity index (χ2v) is 7.33. The molecule has 27 heavy (non-hydrogen) atoms. The van der Waals surface area contributed by atoms with E-state index < -0.39 is 0 Å². The Morgan fingerprint density at radius 2 is 2.15 bits per heavy atom. The SMILES string of the molecule is O=C(NCCCOCC1CCCO1)C1CC(=O)N(CCc2ccccc2)C1. The summed E-state index contributed by atoms with van der Waals surface area (Å²) in [6, 6.07) is 10.1. The third kappa shape index (κ3) is 6.33. The van der Waals surface area contributed by atoms with Gasteiger partial charge in [-0.15, -0.1) is 0 Å². The van der Waals surface area contributed by atoms with Crippen molar-refractivity contribution in [2.75, 3.05) is 39.5 Å². The smallest absolute Gasteiger partial charge is 0.225 e. The third-order valence-electron chi connectivity index (χ3n) is 5.19. The van der Waals surface area contributed by atoms with Gasteiger partial charge < -0.3 is 19.7 Å². The molecule has 1 aromatic carbocycles. The summed E-state index contributed by atoms with van der Waals surface area (Å²) < 4.78 is 11.1. The molecule has 2 aliphatic heterocycles. The highest BCUT2D eigenvalue weighted by Gasteiger charge is 2.33. The van der Waals surface area contributed by atoms with E-state index in [0.29, 0.717) is 39.3 Å². The number of nitrogens with zero attached hydrogens (tertiary/aromatic N) is 1. The number of likely N-dealkylation sites (tertiary alicyclic amines) is 1. The summed E-state index contributed by atoms with van der Waals surface area (Å²) in [7, 11) is 0. The van der Waals surface area contributed by atoms with Gasteiger partial charge in [-0.2, -0.15) is 0 Å². The number of hydrogen-bond donors (Lipinski definition) is 1. The van der Waals surface area contributed by atoms with Crippen LogP contribution in [0.25, 0.3) is 0 Å². The second kappa shape index (κ2) is 10.4. The van der Waals surface area contributed by atoms with Crippen LogP contribution < -0.4 is 5.32 Å². The van der Waals surface area contributed by atoms with Gasteiger partial charge in [-0.25, -0.2) is 0 Å². The first-order chi connectivity index (χ1) is 13.2. The largest absolute Gasteiger partial charge is 0.379 e. The molecule has 2 saturated heterocycles. The lowest BCUT2D eigenvalue weighted by Crippen LogP contribution is -2.34. The van der Waals surface area contributed by atoms with Crippen LogP contribution in [0.5, 0.6) is 0 Å². The Labute approximate surface area is 161 Å². The first-order valence-electron chi connectivity index (χ1n) is 10.0. The van der Waals surface area contributed by atoms with Crippen LogP contribution in [-0.4, -0.2) is 62.3 Å². The van der Waals surface area contributed by atoms with Crippen LogP contribution >= 0.6 is 0 Å². The Morgan fingerprint density at radius 1 is 1.30 bits per heavy atom. The number of carbonyl (C=O) groups excluding carboxylic acids is 2. The van der Waals surface area contributed by atoms with Crippen molar-refractivity contribution in [3.8, 4) is 0 Å². The molecule has 0 aliphatic carbocycles. The van der Waals surface area contributed by atoms with E-state index in [1.165, 1.54) is 5.56 Å². The van der Waals surface area contributed by atoms with Crippen LogP contribution in [0.2, 0.25) is 0 Å². The number of rotatable bonds is 10. The van der Waals surface area contributed by atoms with E-state index in [-0.39, 0.29) is 23.8 Å². The number of benzene rings is 1. The summed E-state index contributed by atoms with van der Waals surface area (Å²) in [6.07, 6.45) is 4.35. The van der Waals surface area contributed by atoms with Crippen LogP contribution in [0.15, 0.2) is 30.3 Å². The molecule has 1 aromatic rings. The minimum absolute atomic E-state index is 0.0234. The summed E-state index contributed by atoms with van der Waals surface area (Å²) >= 11 is 0. The van der Waals surface area contributed by atoms with Crippen molar-refractivity contribution in [1.82, 2.24) is 10.2 Å². The molecule has 0 bridgehead atoms. The molecule has 2 heterocycles. The van der Waals surface area contributed by atoms with Gasteiger partial charge in [0.05, 0.1) is 18.6 Å². The molecule has 0 saturated carbocycles. The standard InChI is InChI=1S/C21H30N2O4/c24-20-14-18(15-23(20)11-9-17-6-2-1-3-7-17)21(25)22-10-5-12-26-16-19-8-4-13-27-19/h1-3,6-7,18-19H,4-5,8-16H2,(H,22,25). The Bertz CT molecular complexity index is 601. The molecule has 0 aromatic heterocycles. The zero-order valence-electron chi connectivity index (χ0n) is 15.9. The Morgan fingerprint density at radius 3 is 2.93 bits per heavy atom. The topological polar surface area (TPSA) is 67.9 Å². The zero-order valence-corrected chi connectivity index (χ0v) is 15.9. The van der Waals surface area contributed by atoms with E-state index in [9.17, 15) is 9.59 Å². The maximum absolute atomic E-state index is 12.3. The van der Waals surface area contributed by atoms with Crippen LogP contribution in [0.1, 0.15) is 31.2 Å². The van der Waals surface area contributed by atoms with Crippen molar-refractivity contribution in [1.29, 1.82) is 0 Å². The van der Waals surface area contributed by atoms with Crippen LogP contribution in [0.4, 0.5) is 0 Å². The molecule has 2 amide bonds. The number of nitrogens with one attached hydrogen (secondary N) is 1. The molecule has 1 N–H and O–H groups in total. The quantitative estimate of drug-likeness (QED) is 0.634. The van der Waals surface area contributed by atoms with Crippen molar-refractivity contribution in [2.45, 2.75) is 38.2 Å². The molecule has 6 heteroatoms. The van der Waals surface area contributed by atoms with Gasteiger partial charge in [0.1, 0.15) is 0 Å². The first-order valence-corrected chi connectivity index (χ1v) is 10.0. The number of hydrogen-bond acceptors (Lipinski definition) is 4. The molecule has 2 fully saturated rings. The summed E-state index contributed by atoms with van der Waals surface area (Å²) in [5.41, 5.74) is 1.21. The van der Waals surface area contributed by atoms with Crippen molar-refractivity contribution in [3.05, 3.63) is 35.9 Å². The van der Waals surface area contributed by atoms with Crippen molar-refractivity contribution >= 4 is 11.8 Å². The minimum atomic E-state index is -0.235. The minimum Gasteiger partial charge on any atom is -0.379 e. The normalized spacial score (nSPS) is 22.4. The molecular formula is C21H30N2O4. The zero-order chi connectivity index (χ0) is 18.9. The average molecular weight is 374 g/mol. The highest BCUT2D eigenvalue weighted by atomic mass is 16.5. The predicted octanol–water partition coefficient (Wildman–Crippen LogP) is 1.78. The summed E-state index contributed by atoms with van der Waals surface area (Å²) in [5, 5.41) is 2.94. The van der Waals surface area contributed by atoms with Gasteiger partial charge in [-0.1, -0.05) is 30.3 Å². The van der Waals surface area contributed by atoms with Crippen molar-refractivity contribution in [2.24, 2.45) is 5.92 Å². The lowest BCUT2D eigenvalue weighted by atomic mass is 10.1.